The molecular formula is C94H61BN10. The first-order valence-electron chi connectivity index (χ1n) is 35.3. The molecule has 0 bridgehead atoms. The predicted molar refractivity (Wildman–Crippen MR) is 428 cm³/mol. The van der Waals surface area contributed by atoms with Crippen LogP contribution in [0.1, 0.15) is 0 Å². The van der Waals surface area contributed by atoms with E-state index in [1.165, 1.54) is 0 Å². The Morgan fingerprint density at radius 2 is 0.448 bits per heavy atom. The molecule has 6 heterocycles. The Bertz CT molecular complexity index is 5580. The number of rotatable bonds is 14. The van der Waals surface area contributed by atoms with Gasteiger partial charge >= 0.3 is 0 Å². The van der Waals surface area contributed by atoms with Gasteiger partial charge in [0.1, 0.15) is 0 Å². The number of pyridine rings is 2. The van der Waals surface area contributed by atoms with Gasteiger partial charge in [0.25, 0.3) is 6.71 Å². The first kappa shape index (κ1) is 61.9. The molecule has 0 amide bonds. The number of para-hydroxylation sites is 2. The Morgan fingerprint density at radius 1 is 0.181 bits per heavy atom. The zero-order valence-electron chi connectivity index (χ0n) is 56.8. The number of anilines is 6. The van der Waals surface area contributed by atoms with Crippen LogP contribution < -0.4 is 26.2 Å². The lowest BCUT2D eigenvalue weighted by molar-refractivity contribution is 1.06. The SMILES string of the molecule is c1ccc(-c2cc3c(c(-c4cccc(-c5ccccc5)n4)c2)N(c2ccccc2)c2c(-c4nc(-c5ccccc5)nc(-c5ccccc5)n4)cc(-c4nc(-c5ccccc5)nc(-c5ccccc5)n4)c4c2B3c2cc(-c3ccccc3)cc(-c3cccc(-c5ccccc5)n3)c2N4c2ccccc2)cc1. The van der Waals surface area contributed by atoms with Crippen LogP contribution in [0.4, 0.5) is 34.1 Å². The van der Waals surface area contributed by atoms with Crippen molar-refractivity contribution in [3.05, 3.63) is 370 Å². The van der Waals surface area contributed by atoms with Gasteiger partial charge in [-0.05, 0) is 105 Å². The lowest BCUT2D eigenvalue weighted by atomic mass is 9.32. The van der Waals surface area contributed by atoms with E-state index in [1.54, 1.807) is 0 Å². The molecule has 0 saturated carbocycles. The molecule has 0 N–H and O–H groups in total. The lowest BCUT2D eigenvalue weighted by Gasteiger charge is -2.47. The third-order valence-electron chi connectivity index (χ3n) is 19.7. The highest BCUT2D eigenvalue weighted by atomic mass is 15.2. The molecule has 0 saturated heterocycles. The Morgan fingerprint density at radius 3 is 0.762 bits per heavy atom. The van der Waals surface area contributed by atoms with E-state index in [0.29, 0.717) is 46.1 Å². The van der Waals surface area contributed by atoms with Gasteiger partial charge in [-0.3, -0.25) is 0 Å². The summed E-state index contributed by atoms with van der Waals surface area (Å²) < 4.78 is 0. The van der Waals surface area contributed by atoms with Crippen LogP contribution in [0.5, 0.6) is 0 Å². The smallest absolute Gasteiger partial charge is 0.252 e. The molecular weight excluding hydrogens is 1280 g/mol. The van der Waals surface area contributed by atoms with Gasteiger partial charge in [0.2, 0.25) is 0 Å². The zero-order chi connectivity index (χ0) is 69.6. The molecule has 11 heteroatoms. The number of aromatic nitrogens is 8. The number of benzene rings is 13. The highest BCUT2D eigenvalue weighted by molar-refractivity contribution is 7.01. The molecule has 4 aromatic heterocycles. The summed E-state index contributed by atoms with van der Waals surface area (Å²) in [6, 6.07) is 129. The number of nitrogens with zero attached hydrogens (tertiary/aromatic N) is 10. The van der Waals surface area contributed by atoms with Crippen LogP contribution in [0.3, 0.4) is 0 Å². The molecule has 0 spiro atoms. The quantitative estimate of drug-likeness (QED) is 0.0976. The van der Waals surface area contributed by atoms with Crippen LogP contribution in [0.2, 0.25) is 0 Å². The average molecular weight is 1340 g/mol. The van der Waals surface area contributed by atoms with E-state index in [9.17, 15) is 0 Å². The summed E-state index contributed by atoms with van der Waals surface area (Å²) >= 11 is 0. The minimum atomic E-state index is -0.605. The van der Waals surface area contributed by atoms with E-state index >= 15 is 0 Å². The summed E-state index contributed by atoms with van der Waals surface area (Å²) in [5.41, 5.74) is 24.4. The topological polar surface area (TPSA) is 110 Å². The predicted octanol–water partition coefficient (Wildman–Crippen LogP) is 20.9. The van der Waals surface area contributed by atoms with Crippen LogP contribution in [-0.4, -0.2) is 46.6 Å². The van der Waals surface area contributed by atoms with Gasteiger partial charge in [-0.2, -0.15) is 0 Å². The van der Waals surface area contributed by atoms with E-state index in [4.69, 9.17) is 39.9 Å². The summed E-state index contributed by atoms with van der Waals surface area (Å²) in [7, 11) is 0. The molecule has 17 aromatic rings. The third-order valence-corrected chi connectivity index (χ3v) is 19.7. The average Bonchev–Trinajstić information content (AvgIpc) is 0.676. The largest absolute Gasteiger partial charge is 0.310 e. The number of hydrogen-bond acceptors (Lipinski definition) is 10. The van der Waals surface area contributed by atoms with Gasteiger partial charge in [-0.15, -0.1) is 0 Å². The highest BCUT2D eigenvalue weighted by Gasteiger charge is 2.49. The van der Waals surface area contributed by atoms with Gasteiger partial charge < -0.3 is 9.80 Å². The maximum atomic E-state index is 5.76. The standard InChI is InChI=1S/C94H61BN10/c1-11-33-62(34-12-1)70-57-74(82-55-31-53-80(96-82)64-37-15-3-16-38-64)85-78(59-70)95-79-60-71(63-35-13-2-14-36-63)58-75(83-56-32-54-81(97-83)65-39-17-4-18-40-65)86(79)105(73-51-29-10-30-52-73)88-77(94-102-91(68-45-23-7-24-46-68)99-92(103-94)69-47-25-8-26-48-69)61-76(87(84(88)95)104(85)72-49-27-9-28-50-72)93-100-89(66-41-19-5-20-42-66)98-90(101-93)67-43-21-6-22-44-67/h1-61H. The normalized spacial score (nSPS) is 11.9. The fourth-order valence-electron chi connectivity index (χ4n) is 15.0. The molecule has 13 aromatic carbocycles. The Kier molecular flexibility index (Phi) is 15.8. The van der Waals surface area contributed by atoms with E-state index in [0.717, 1.165) is 140 Å². The Labute approximate surface area is 608 Å². The molecule has 2 aliphatic rings. The second-order valence-corrected chi connectivity index (χ2v) is 26.1. The van der Waals surface area contributed by atoms with Crippen molar-refractivity contribution >= 4 is 57.2 Å². The molecule has 0 fully saturated rings. The molecule has 0 radical (unpaired) electrons. The van der Waals surface area contributed by atoms with E-state index in [2.05, 4.69) is 307 Å². The lowest BCUT2D eigenvalue weighted by Crippen LogP contribution is -2.62. The molecule has 490 valence electrons. The van der Waals surface area contributed by atoms with Crippen molar-refractivity contribution in [2.75, 3.05) is 9.80 Å². The van der Waals surface area contributed by atoms with E-state index in [-0.39, 0.29) is 0 Å². The maximum Gasteiger partial charge on any atom is 0.252 e. The van der Waals surface area contributed by atoms with Crippen LogP contribution in [0.25, 0.3) is 136 Å². The fraction of sp³-hybridized carbons (Fsp3) is 0. The second-order valence-electron chi connectivity index (χ2n) is 26.1. The highest BCUT2D eigenvalue weighted by Crippen LogP contribution is 2.55. The monoisotopic (exact) mass is 1340 g/mol. The van der Waals surface area contributed by atoms with Crippen LogP contribution in [-0.2, 0) is 0 Å². The molecule has 2 aliphatic heterocycles. The second kappa shape index (κ2) is 26.7. The van der Waals surface area contributed by atoms with Gasteiger partial charge in [0.05, 0.1) is 45.5 Å². The van der Waals surface area contributed by atoms with Crippen molar-refractivity contribution in [1.82, 2.24) is 39.9 Å². The summed E-state index contributed by atoms with van der Waals surface area (Å²) in [6.45, 7) is -0.605. The number of hydrogen-bond donors (Lipinski definition) is 0. The van der Waals surface area contributed by atoms with Crippen molar-refractivity contribution in [1.29, 1.82) is 0 Å². The first-order chi connectivity index (χ1) is 52.1. The minimum Gasteiger partial charge on any atom is -0.310 e. The summed E-state index contributed by atoms with van der Waals surface area (Å²) in [5.74, 6) is 2.92. The molecule has 105 heavy (non-hydrogen) atoms. The Hall–Kier alpha value is -14.2. The van der Waals surface area contributed by atoms with Crippen molar-refractivity contribution in [3.8, 4) is 136 Å². The van der Waals surface area contributed by atoms with Crippen molar-refractivity contribution in [3.63, 3.8) is 0 Å². The van der Waals surface area contributed by atoms with E-state index < -0.39 is 6.71 Å². The summed E-state index contributed by atoms with van der Waals surface area (Å²) in [6.07, 6.45) is 0. The van der Waals surface area contributed by atoms with Crippen LogP contribution in [0.15, 0.2) is 370 Å². The van der Waals surface area contributed by atoms with Crippen LogP contribution in [0, 0.1) is 0 Å². The van der Waals surface area contributed by atoms with Crippen molar-refractivity contribution in [2.24, 2.45) is 0 Å². The zero-order valence-corrected chi connectivity index (χ0v) is 56.8. The fourth-order valence-corrected chi connectivity index (χ4v) is 15.0. The first-order valence-corrected chi connectivity index (χ1v) is 35.3. The number of fused-ring (bicyclic) bond motifs is 4. The van der Waals surface area contributed by atoms with Gasteiger partial charge in [-0.25, -0.2) is 39.9 Å². The van der Waals surface area contributed by atoms with Crippen molar-refractivity contribution in [2.45, 2.75) is 0 Å². The molecule has 19 rings (SSSR count). The maximum absolute atomic E-state index is 5.76. The third kappa shape index (κ3) is 11.5. The summed E-state index contributed by atoms with van der Waals surface area (Å²) in [4.78, 5) is 50.2. The van der Waals surface area contributed by atoms with Gasteiger partial charge in [0.15, 0.2) is 34.9 Å². The minimum absolute atomic E-state index is 0.440. The van der Waals surface area contributed by atoms with Crippen molar-refractivity contribution < 1.29 is 0 Å². The van der Waals surface area contributed by atoms with Crippen LogP contribution >= 0.6 is 0 Å². The Balaban J connectivity index is 1.05. The van der Waals surface area contributed by atoms with E-state index in [1.807, 2.05) is 72.8 Å². The molecule has 0 unspecified atom stereocenters. The van der Waals surface area contributed by atoms with Gasteiger partial charge in [-0.1, -0.05) is 303 Å². The summed E-state index contributed by atoms with van der Waals surface area (Å²) in [5, 5.41) is 0. The molecule has 0 atom stereocenters. The molecule has 10 nitrogen and oxygen atoms in total. The molecule has 0 aliphatic carbocycles. The van der Waals surface area contributed by atoms with Gasteiger partial charge in [0, 0.05) is 67.0 Å².